The maximum absolute atomic E-state index is 12.3. The maximum Gasteiger partial charge on any atom is 0.254 e. The highest BCUT2D eigenvalue weighted by Crippen LogP contribution is 2.22. The van der Waals surface area contributed by atoms with Crippen LogP contribution in [0.2, 0.25) is 0 Å². The Morgan fingerprint density at radius 3 is 2.36 bits per heavy atom. The third-order valence-corrected chi connectivity index (χ3v) is 4.50. The number of amides is 1. The number of nitrogens with zero attached hydrogens (tertiary/aromatic N) is 2. The first-order valence-corrected chi connectivity index (χ1v) is 9.14. The minimum Gasteiger partial charge on any atom is -0.496 e. The Kier molecular flexibility index (Phi) is 6.22. The van der Waals surface area contributed by atoms with Gasteiger partial charge in [0.1, 0.15) is 5.75 Å². The fourth-order valence-electron chi connectivity index (χ4n) is 2.96. The van der Waals surface area contributed by atoms with E-state index in [4.69, 9.17) is 4.74 Å². The number of anilines is 2. The summed E-state index contributed by atoms with van der Waals surface area (Å²) in [5.74, 6) is 1.08. The summed E-state index contributed by atoms with van der Waals surface area (Å²) in [7, 11) is 1.64. The van der Waals surface area contributed by atoms with Crippen molar-refractivity contribution in [1.29, 1.82) is 0 Å². The first-order valence-electron chi connectivity index (χ1n) is 9.14. The molecular formula is C22H24N4O2. The lowest BCUT2D eigenvalue weighted by Gasteiger charge is -2.11. The van der Waals surface area contributed by atoms with Crippen LogP contribution >= 0.6 is 0 Å². The molecule has 0 aliphatic rings. The minimum atomic E-state index is -0.200. The SMILES string of the molecule is COc1ccccc1CCNC(=O)c1cnc(Nc2c(C)cccc2C)nc1. The molecule has 28 heavy (non-hydrogen) atoms. The van der Waals surface area contributed by atoms with E-state index in [9.17, 15) is 4.79 Å². The summed E-state index contributed by atoms with van der Waals surface area (Å²) in [5.41, 5.74) is 4.68. The number of hydrogen-bond acceptors (Lipinski definition) is 5. The molecule has 1 aromatic heterocycles. The standard InChI is InChI=1S/C22H24N4O2/c1-15-7-6-8-16(2)20(15)26-22-24-13-18(14-25-22)21(27)23-12-11-17-9-4-5-10-19(17)28-3/h4-10,13-14H,11-12H2,1-3H3,(H,23,27)(H,24,25,26). The van der Waals surface area contributed by atoms with Crippen LogP contribution in [0.3, 0.4) is 0 Å². The zero-order valence-electron chi connectivity index (χ0n) is 16.3. The fraction of sp³-hybridized carbons (Fsp3) is 0.227. The zero-order valence-corrected chi connectivity index (χ0v) is 16.3. The highest BCUT2D eigenvalue weighted by molar-refractivity contribution is 5.93. The molecule has 0 bridgehead atoms. The van der Waals surface area contributed by atoms with Crippen molar-refractivity contribution in [2.24, 2.45) is 0 Å². The van der Waals surface area contributed by atoms with Gasteiger partial charge in [-0.05, 0) is 43.0 Å². The molecule has 0 aliphatic heterocycles. The number of benzene rings is 2. The van der Waals surface area contributed by atoms with Gasteiger partial charge in [-0.2, -0.15) is 0 Å². The van der Waals surface area contributed by atoms with Crippen molar-refractivity contribution in [3.63, 3.8) is 0 Å². The number of aromatic nitrogens is 2. The second-order valence-corrected chi connectivity index (χ2v) is 6.50. The van der Waals surface area contributed by atoms with Crippen LogP contribution in [-0.4, -0.2) is 29.5 Å². The van der Waals surface area contributed by atoms with Crippen molar-refractivity contribution < 1.29 is 9.53 Å². The van der Waals surface area contributed by atoms with Crippen molar-refractivity contribution in [2.45, 2.75) is 20.3 Å². The van der Waals surface area contributed by atoms with Gasteiger partial charge in [-0.15, -0.1) is 0 Å². The van der Waals surface area contributed by atoms with Crippen LogP contribution < -0.4 is 15.4 Å². The largest absolute Gasteiger partial charge is 0.496 e. The molecule has 144 valence electrons. The number of nitrogens with one attached hydrogen (secondary N) is 2. The molecule has 3 rings (SSSR count). The number of carbonyl (C=O) groups excluding carboxylic acids is 1. The van der Waals surface area contributed by atoms with Crippen molar-refractivity contribution in [3.05, 3.63) is 77.1 Å². The molecule has 6 heteroatoms. The van der Waals surface area contributed by atoms with Gasteiger partial charge in [0.15, 0.2) is 0 Å². The van der Waals surface area contributed by atoms with Gasteiger partial charge in [0.25, 0.3) is 5.91 Å². The van der Waals surface area contributed by atoms with Crippen LogP contribution in [0.4, 0.5) is 11.6 Å². The predicted molar refractivity (Wildman–Crippen MR) is 110 cm³/mol. The number of aryl methyl sites for hydroxylation is 2. The normalized spacial score (nSPS) is 10.4. The van der Waals surface area contributed by atoms with Crippen LogP contribution in [0.1, 0.15) is 27.0 Å². The predicted octanol–water partition coefficient (Wildman–Crippen LogP) is 3.82. The molecule has 3 aromatic rings. The van der Waals surface area contributed by atoms with Gasteiger partial charge in [0.05, 0.1) is 12.7 Å². The lowest BCUT2D eigenvalue weighted by molar-refractivity contribution is 0.0953. The van der Waals surface area contributed by atoms with E-state index in [2.05, 4.69) is 20.6 Å². The molecule has 2 aromatic carbocycles. The first-order chi connectivity index (χ1) is 13.6. The third-order valence-electron chi connectivity index (χ3n) is 4.50. The quantitative estimate of drug-likeness (QED) is 0.656. The molecule has 0 saturated heterocycles. The smallest absolute Gasteiger partial charge is 0.254 e. The average Bonchev–Trinajstić information content (AvgIpc) is 2.71. The molecule has 6 nitrogen and oxygen atoms in total. The Hall–Kier alpha value is -3.41. The first kappa shape index (κ1) is 19.4. The average molecular weight is 376 g/mol. The van der Waals surface area contributed by atoms with Crippen molar-refractivity contribution in [1.82, 2.24) is 15.3 Å². The number of hydrogen-bond donors (Lipinski definition) is 2. The van der Waals surface area contributed by atoms with Crippen molar-refractivity contribution in [3.8, 4) is 5.75 Å². The third kappa shape index (κ3) is 4.65. The number of ether oxygens (including phenoxy) is 1. The Morgan fingerprint density at radius 2 is 1.68 bits per heavy atom. The molecule has 1 amide bonds. The highest BCUT2D eigenvalue weighted by atomic mass is 16.5. The number of para-hydroxylation sites is 2. The van der Waals surface area contributed by atoms with Crippen LogP contribution in [0.5, 0.6) is 5.75 Å². The maximum atomic E-state index is 12.3. The van der Waals surface area contributed by atoms with E-state index in [0.29, 0.717) is 24.5 Å². The van der Waals surface area contributed by atoms with E-state index in [-0.39, 0.29) is 5.91 Å². The second-order valence-electron chi connectivity index (χ2n) is 6.50. The highest BCUT2D eigenvalue weighted by Gasteiger charge is 2.09. The summed E-state index contributed by atoms with van der Waals surface area (Å²) in [6, 6.07) is 13.8. The molecule has 0 saturated carbocycles. The lowest BCUT2D eigenvalue weighted by atomic mass is 10.1. The van der Waals surface area contributed by atoms with E-state index in [1.807, 2.05) is 56.3 Å². The molecule has 0 atom stereocenters. The summed E-state index contributed by atoms with van der Waals surface area (Å²) in [6.07, 6.45) is 3.74. The van der Waals surface area contributed by atoms with Crippen LogP contribution in [-0.2, 0) is 6.42 Å². The van der Waals surface area contributed by atoms with Crippen LogP contribution in [0.15, 0.2) is 54.9 Å². The molecule has 0 unspecified atom stereocenters. The number of methoxy groups -OCH3 is 1. The summed E-state index contributed by atoms with van der Waals surface area (Å²) >= 11 is 0. The summed E-state index contributed by atoms with van der Waals surface area (Å²) in [6.45, 7) is 4.55. The van der Waals surface area contributed by atoms with Gasteiger partial charge >= 0.3 is 0 Å². The van der Waals surface area contributed by atoms with Gasteiger partial charge in [0.2, 0.25) is 5.95 Å². The van der Waals surface area contributed by atoms with Gasteiger partial charge in [-0.25, -0.2) is 9.97 Å². The van der Waals surface area contributed by atoms with Gasteiger partial charge in [0, 0.05) is 24.6 Å². The molecule has 0 radical (unpaired) electrons. The van der Waals surface area contributed by atoms with Gasteiger partial charge < -0.3 is 15.4 Å². The Balaban J connectivity index is 1.58. The molecule has 2 N–H and O–H groups in total. The minimum absolute atomic E-state index is 0.200. The Labute approximate surface area is 165 Å². The molecule has 0 aliphatic carbocycles. The fourth-order valence-corrected chi connectivity index (χ4v) is 2.96. The lowest BCUT2D eigenvalue weighted by Crippen LogP contribution is -2.26. The number of rotatable bonds is 7. The van der Waals surface area contributed by atoms with Crippen molar-refractivity contribution in [2.75, 3.05) is 19.0 Å². The topological polar surface area (TPSA) is 76.1 Å². The van der Waals surface area contributed by atoms with E-state index >= 15 is 0 Å². The van der Waals surface area contributed by atoms with Gasteiger partial charge in [-0.3, -0.25) is 4.79 Å². The van der Waals surface area contributed by atoms with E-state index in [1.165, 1.54) is 12.4 Å². The molecule has 0 fully saturated rings. The van der Waals surface area contributed by atoms with Crippen molar-refractivity contribution >= 4 is 17.5 Å². The molecule has 1 heterocycles. The van der Waals surface area contributed by atoms with E-state index in [0.717, 1.165) is 28.1 Å². The summed E-state index contributed by atoms with van der Waals surface area (Å²) in [4.78, 5) is 20.9. The zero-order chi connectivity index (χ0) is 19.9. The number of carbonyl (C=O) groups is 1. The summed E-state index contributed by atoms with van der Waals surface area (Å²) in [5, 5.41) is 6.11. The van der Waals surface area contributed by atoms with E-state index < -0.39 is 0 Å². The second kappa shape index (κ2) is 8.99. The Bertz CT molecular complexity index is 935. The van der Waals surface area contributed by atoms with Crippen LogP contribution in [0, 0.1) is 13.8 Å². The monoisotopic (exact) mass is 376 g/mol. The molecule has 0 spiro atoms. The molecular weight excluding hydrogens is 352 g/mol. The van der Waals surface area contributed by atoms with E-state index in [1.54, 1.807) is 7.11 Å². The van der Waals surface area contributed by atoms with Gasteiger partial charge in [-0.1, -0.05) is 36.4 Å². The van der Waals surface area contributed by atoms with Crippen LogP contribution in [0.25, 0.3) is 0 Å². The Morgan fingerprint density at radius 1 is 1.00 bits per heavy atom. The summed E-state index contributed by atoms with van der Waals surface area (Å²) < 4.78 is 5.33.